The van der Waals surface area contributed by atoms with Gasteiger partial charge in [0.15, 0.2) is 13.8 Å². The first-order valence-corrected chi connectivity index (χ1v) is 12.1. The number of para-hydroxylation sites is 1. The molecular weight excluding hydrogens is 400 g/mol. The number of hydrogen-bond acceptors (Lipinski definition) is 7. The fourth-order valence-electron chi connectivity index (χ4n) is 3.30. The fourth-order valence-corrected chi connectivity index (χ4v) is 6.07. The minimum Gasteiger partial charge on any atom is -0.330 e. The Morgan fingerprint density at radius 1 is 1.41 bits per heavy atom. The van der Waals surface area contributed by atoms with E-state index in [0.717, 1.165) is 22.9 Å². The van der Waals surface area contributed by atoms with Crippen LogP contribution in [0.2, 0.25) is 0 Å². The van der Waals surface area contributed by atoms with Crippen LogP contribution in [0.5, 0.6) is 0 Å². The third kappa shape index (κ3) is 5.37. The molecular formula is C18H26N4O2S3. The zero-order chi connectivity index (χ0) is 19.6. The summed E-state index contributed by atoms with van der Waals surface area (Å²) in [6.45, 7) is 7.66. The molecule has 1 atom stereocenters. The lowest BCUT2D eigenvalue weighted by Gasteiger charge is -2.29. The molecule has 0 bridgehead atoms. The molecule has 1 N–H and O–H groups in total. The standard InChI is InChI=1S/C18H26N4O2S3/c1-13(2)10-21(15-8-9-27(23,24)11-15)12-22-18(25)26-17(20-22)19-16-7-5-4-6-14(16)3/h4-7,13,15H,8-12H2,1-3H3,(H,19,20)/t15-/m0/s1. The molecule has 1 aliphatic heterocycles. The van der Waals surface area contributed by atoms with E-state index in [2.05, 4.69) is 29.2 Å². The van der Waals surface area contributed by atoms with E-state index in [9.17, 15) is 8.42 Å². The maximum Gasteiger partial charge on any atom is 0.209 e. The second-order valence-electron chi connectivity index (χ2n) is 7.48. The minimum atomic E-state index is -2.93. The van der Waals surface area contributed by atoms with Gasteiger partial charge in [-0.2, -0.15) is 0 Å². The lowest BCUT2D eigenvalue weighted by molar-refractivity contribution is 0.138. The van der Waals surface area contributed by atoms with Gasteiger partial charge >= 0.3 is 0 Å². The van der Waals surface area contributed by atoms with Crippen LogP contribution < -0.4 is 5.32 Å². The number of rotatable bonds is 7. The molecule has 0 aliphatic carbocycles. The molecule has 0 spiro atoms. The molecule has 1 fully saturated rings. The third-order valence-corrected chi connectivity index (χ3v) is 7.61. The number of aromatic nitrogens is 2. The summed E-state index contributed by atoms with van der Waals surface area (Å²) in [6.07, 6.45) is 0.681. The molecule has 0 unspecified atom stereocenters. The highest BCUT2D eigenvalue weighted by atomic mass is 32.2. The smallest absolute Gasteiger partial charge is 0.209 e. The number of anilines is 2. The van der Waals surface area contributed by atoms with Crippen molar-refractivity contribution in [2.24, 2.45) is 5.92 Å². The van der Waals surface area contributed by atoms with Crippen LogP contribution >= 0.6 is 23.6 Å². The van der Waals surface area contributed by atoms with Gasteiger partial charge in [0, 0.05) is 18.3 Å². The van der Waals surface area contributed by atoms with Crippen molar-refractivity contribution >= 4 is 44.2 Å². The first kappa shape index (κ1) is 20.4. The summed E-state index contributed by atoms with van der Waals surface area (Å²) >= 11 is 6.94. The molecule has 9 heteroatoms. The molecule has 0 amide bonds. The summed E-state index contributed by atoms with van der Waals surface area (Å²) in [5.41, 5.74) is 2.15. The molecule has 6 nitrogen and oxygen atoms in total. The van der Waals surface area contributed by atoms with Crippen molar-refractivity contribution in [1.82, 2.24) is 14.7 Å². The van der Waals surface area contributed by atoms with E-state index in [4.69, 9.17) is 12.2 Å². The third-order valence-electron chi connectivity index (χ3n) is 4.63. The highest BCUT2D eigenvalue weighted by Crippen LogP contribution is 2.24. The van der Waals surface area contributed by atoms with Crippen molar-refractivity contribution in [2.75, 3.05) is 23.4 Å². The maximum absolute atomic E-state index is 11.9. The maximum atomic E-state index is 11.9. The van der Waals surface area contributed by atoms with E-state index in [1.165, 1.54) is 11.3 Å². The summed E-state index contributed by atoms with van der Waals surface area (Å²) in [7, 11) is -2.93. The lowest BCUT2D eigenvalue weighted by Crippen LogP contribution is -2.40. The first-order valence-electron chi connectivity index (χ1n) is 9.08. The second kappa shape index (κ2) is 8.38. The summed E-state index contributed by atoms with van der Waals surface area (Å²) in [5, 5.41) is 8.71. The number of nitrogens with one attached hydrogen (secondary N) is 1. The van der Waals surface area contributed by atoms with E-state index in [1.807, 2.05) is 31.2 Å². The van der Waals surface area contributed by atoms with Gasteiger partial charge in [-0.15, -0.1) is 5.10 Å². The van der Waals surface area contributed by atoms with Gasteiger partial charge in [-0.25, -0.2) is 13.1 Å². The highest BCUT2D eigenvalue weighted by Gasteiger charge is 2.32. The van der Waals surface area contributed by atoms with E-state index < -0.39 is 9.84 Å². The van der Waals surface area contributed by atoms with Gasteiger partial charge in [0.2, 0.25) is 5.13 Å². The molecule has 1 aliphatic rings. The topological polar surface area (TPSA) is 67.2 Å². The molecule has 3 rings (SSSR count). The minimum absolute atomic E-state index is 0.0359. The monoisotopic (exact) mass is 426 g/mol. The zero-order valence-corrected chi connectivity index (χ0v) is 18.3. The molecule has 0 saturated carbocycles. The summed E-state index contributed by atoms with van der Waals surface area (Å²) < 4.78 is 26.3. The van der Waals surface area contributed by atoms with Crippen LogP contribution in [0, 0.1) is 16.8 Å². The van der Waals surface area contributed by atoms with Crippen LogP contribution in [0.15, 0.2) is 24.3 Å². The Bertz CT molecular complexity index is 950. The van der Waals surface area contributed by atoms with Gasteiger partial charge in [-0.1, -0.05) is 43.4 Å². The fraction of sp³-hybridized carbons (Fsp3) is 0.556. The van der Waals surface area contributed by atoms with Crippen molar-refractivity contribution in [2.45, 2.75) is 39.9 Å². The number of nitrogens with zero attached hydrogens (tertiary/aromatic N) is 3. The molecule has 1 saturated heterocycles. The van der Waals surface area contributed by atoms with Crippen molar-refractivity contribution in [3.63, 3.8) is 0 Å². The second-order valence-corrected chi connectivity index (χ2v) is 11.3. The quantitative estimate of drug-likeness (QED) is 0.679. The molecule has 0 radical (unpaired) electrons. The SMILES string of the molecule is Cc1ccccc1Nc1nn(CN(CC(C)C)[C@H]2CCS(=O)(=O)C2)c(=S)s1. The van der Waals surface area contributed by atoms with Gasteiger partial charge in [0.05, 0.1) is 18.2 Å². The summed E-state index contributed by atoms with van der Waals surface area (Å²) in [4.78, 5) is 2.21. The molecule has 27 heavy (non-hydrogen) atoms. The van der Waals surface area contributed by atoms with Crippen LogP contribution in [0.1, 0.15) is 25.8 Å². The molecule has 1 aromatic heterocycles. The Morgan fingerprint density at radius 2 is 2.15 bits per heavy atom. The van der Waals surface area contributed by atoms with Crippen LogP contribution in [-0.4, -0.2) is 47.2 Å². The van der Waals surface area contributed by atoms with E-state index >= 15 is 0 Å². The molecule has 148 valence electrons. The van der Waals surface area contributed by atoms with Gasteiger partial charge in [-0.05, 0) is 43.1 Å². The normalized spacial score (nSPS) is 19.1. The van der Waals surface area contributed by atoms with Gasteiger partial charge in [-0.3, -0.25) is 4.90 Å². The molecule has 1 aromatic carbocycles. The van der Waals surface area contributed by atoms with E-state index in [-0.39, 0.29) is 17.5 Å². The average Bonchev–Trinajstić information content (AvgIpc) is 3.11. The average molecular weight is 427 g/mol. The number of aryl methyl sites for hydroxylation is 1. The van der Waals surface area contributed by atoms with Crippen molar-refractivity contribution in [3.8, 4) is 0 Å². The lowest BCUT2D eigenvalue weighted by atomic mass is 10.1. The first-order chi connectivity index (χ1) is 12.7. The number of sulfone groups is 1. The van der Waals surface area contributed by atoms with Crippen molar-refractivity contribution < 1.29 is 8.42 Å². The van der Waals surface area contributed by atoms with E-state index in [0.29, 0.717) is 23.0 Å². The van der Waals surface area contributed by atoms with Crippen LogP contribution in [-0.2, 0) is 16.5 Å². The predicted octanol–water partition coefficient (Wildman–Crippen LogP) is 3.83. The van der Waals surface area contributed by atoms with Crippen molar-refractivity contribution in [1.29, 1.82) is 0 Å². The van der Waals surface area contributed by atoms with Crippen LogP contribution in [0.25, 0.3) is 0 Å². The van der Waals surface area contributed by atoms with Gasteiger partial charge in [0.1, 0.15) is 0 Å². The molecule has 2 aromatic rings. The van der Waals surface area contributed by atoms with E-state index in [1.54, 1.807) is 4.68 Å². The molecule has 2 heterocycles. The Kier molecular flexibility index (Phi) is 6.35. The highest BCUT2D eigenvalue weighted by molar-refractivity contribution is 7.91. The number of hydrogen-bond donors (Lipinski definition) is 1. The number of benzene rings is 1. The largest absolute Gasteiger partial charge is 0.330 e. The summed E-state index contributed by atoms with van der Waals surface area (Å²) in [5.74, 6) is 0.936. The van der Waals surface area contributed by atoms with Crippen LogP contribution in [0.4, 0.5) is 10.8 Å². The predicted molar refractivity (Wildman–Crippen MR) is 114 cm³/mol. The summed E-state index contributed by atoms with van der Waals surface area (Å²) in [6, 6.07) is 8.08. The van der Waals surface area contributed by atoms with Crippen molar-refractivity contribution in [3.05, 3.63) is 33.8 Å². The Morgan fingerprint density at radius 3 is 2.78 bits per heavy atom. The Balaban J connectivity index is 1.77. The van der Waals surface area contributed by atoms with Gasteiger partial charge < -0.3 is 5.32 Å². The van der Waals surface area contributed by atoms with Gasteiger partial charge in [0.25, 0.3) is 0 Å². The zero-order valence-electron chi connectivity index (χ0n) is 15.9. The Labute approximate surface area is 170 Å². The Hall–Kier alpha value is -1.29. The van der Waals surface area contributed by atoms with Crippen LogP contribution in [0.3, 0.4) is 0 Å².